The molecule has 4 rings (SSSR count). The predicted molar refractivity (Wildman–Crippen MR) is 148 cm³/mol. The van der Waals surface area contributed by atoms with Crippen molar-refractivity contribution in [2.24, 2.45) is 5.41 Å². The van der Waals surface area contributed by atoms with Crippen LogP contribution in [-0.4, -0.2) is 84.1 Å². The number of β-amino-alcohol motifs (C(OH)–C–C–N with tert-alkyl or cyclic N) is 1. The van der Waals surface area contributed by atoms with Gasteiger partial charge in [-0.2, -0.15) is 13.2 Å². The maximum atomic E-state index is 13.5. The molecular weight excluding hydrogens is 560 g/mol. The molecule has 2 saturated heterocycles. The van der Waals surface area contributed by atoms with Gasteiger partial charge < -0.3 is 24.6 Å². The maximum absolute atomic E-state index is 13.5. The Morgan fingerprint density at radius 1 is 1.02 bits per heavy atom. The second-order valence-corrected chi connectivity index (χ2v) is 10.5. The molecule has 2 fully saturated rings. The fourth-order valence-electron chi connectivity index (χ4n) is 5.43. The first-order chi connectivity index (χ1) is 19.9. The zero-order valence-corrected chi connectivity index (χ0v) is 23.9. The summed E-state index contributed by atoms with van der Waals surface area (Å²) < 4.78 is 58.3. The van der Waals surface area contributed by atoms with Crippen molar-refractivity contribution < 1.29 is 46.8 Å². The number of carbonyl (C=O) groups is 2. The molecule has 0 aliphatic carbocycles. The standard InChI is InChI=1S/C27H35FN2O4.C3H3F3O2/c1-3-33-23-15-20(16-24(34-4-2)26(23)21-5-7-22(28)8-6-21)18-29-11-9-27(10-12-29)17-25(32)30(19-27)13-14-31;4-3(5,6)1-2(7)8/h5-8,15-16,31H,3-4,9-14,17-19H2,1-2H3;1H2,(H,7,8). The first kappa shape index (κ1) is 33.1. The number of aliphatic carboxylic acids is 1. The SMILES string of the molecule is CCOc1cc(CN2CCC3(CC2)CC(=O)N(CCO)C3)cc(OCC)c1-c1ccc(F)cc1.O=C(O)CC(F)(F)F. The molecule has 0 aromatic heterocycles. The van der Waals surface area contributed by atoms with Gasteiger partial charge in [-0.3, -0.25) is 14.5 Å². The smallest absolute Gasteiger partial charge is 0.399 e. The van der Waals surface area contributed by atoms with Crippen LogP contribution in [-0.2, 0) is 16.1 Å². The Labute approximate surface area is 242 Å². The number of hydrogen-bond donors (Lipinski definition) is 2. The molecule has 0 bridgehead atoms. The minimum atomic E-state index is -4.58. The highest BCUT2D eigenvalue weighted by molar-refractivity contribution is 5.79. The van der Waals surface area contributed by atoms with Gasteiger partial charge in [-0.25, -0.2) is 4.39 Å². The van der Waals surface area contributed by atoms with E-state index < -0.39 is 18.6 Å². The van der Waals surface area contributed by atoms with Crippen molar-refractivity contribution in [3.63, 3.8) is 0 Å². The minimum Gasteiger partial charge on any atom is -0.493 e. The van der Waals surface area contributed by atoms with Crippen LogP contribution in [0.2, 0.25) is 0 Å². The Morgan fingerprint density at radius 3 is 2.05 bits per heavy atom. The summed E-state index contributed by atoms with van der Waals surface area (Å²) in [6.45, 7) is 8.79. The lowest BCUT2D eigenvalue weighted by atomic mass is 9.77. The van der Waals surface area contributed by atoms with E-state index in [0.717, 1.165) is 67.2 Å². The number of nitrogens with zero attached hydrogens (tertiary/aromatic N) is 2. The van der Waals surface area contributed by atoms with Crippen molar-refractivity contribution in [2.75, 3.05) is 46.0 Å². The summed E-state index contributed by atoms with van der Waals surface area (Å²) in [6.07, 6.45) is -3.79. The molecular formula is C30H38F4N2O6. The Hall–Kier alpha value is -3.38. The van der Waals surface area contributed by atoms with Gasteiger partial charge in [0.1, 0.15) is 23.7 Å². The number of carboxylic acids is 1. The zero-order valence-electron chi connectivity index (χ0n) is 23.9. The van der Waals surface area contributed by atoms with Gasteiger partial charge in [0, 0.05) is 26.1 Å². The van der Waals surface area contributed by atoms with Gasteiger partial charge in [0.2, 0.25) is 5.91 Å². The quantitative estimate of drug-likeness (QED) is 0.367. The van der Waals surface area contributed by atoms with Crippen LogP contribution in [0.4, 0.5) is 17.6 Å². The third-order valence-corrected chi connectivity index (χ3v) is 7.31. The van der Waals surface area contributed by atoms with Crippen LogP contribution in [0.15, 0.2) is 36.4 Å². The summed E-state index contributed by atoms with van der Waals surface area (Å²) in [5.74, 6) is -0.476. The molecule has 2 heterocycles. The summed E-state index contributed by atoms with van der Waals surface area (Å²) in [5.41, 5.74) is 2.86. The molecule has 12 heteroatoms. The average molecular weight is 599 g/mol. The highest BCUT2D eigenvalue weighted by Crippen LogP contribution is 2.43. The van der Waals surface area contributed by atoms with Crippen molar-refractivity contribution in [3.05, 3.63) is 47.8 Å². The number of halogens is 4. The molecule has 42 heavy (non-hydrogen) atoms. The number of likely N-dealkylation sites (tertiary alicyclic amines) is 2. The fourth-order valence-corrected chi connectivity index (χ4v) is 5.43. The second-order valence-electron chi connectivity index (χ2n) is 10.5. The van der Waals surface area contributed by atoms with Crippen molar-refractivity contribution in [1.29, 1.82) is 0 Å². The summed E-state index contributed by atoms with van der Waals surface area (Å²) in [6, 6.07) is 10.5. The monoisotopic (exact) mass is 598 g/mol. The lowest BCUT2D eigenvalue weighted by Crippen LogP contribution is -2.41. The van der Waals surface area contributed by atoms with Gasteiger partial charge in [-0.15, -0.1) is 0 Å². The largest absolute Gasteiger partial charge is 0.493 e. The van der Waals surface area contributed by atoms with Gasteiger partial charge in [-0.05, 0) is 80.6 Å². The Balaban J connectivity index is 0.000000531. The number of hydrogen-bond acceptors (Lipinski definition) is 6. The molecule has 232 valence electrons. The summed E-state index contributed by atoms with van der Waals surface area (Å²) in [5, 5.41) is 16.8. The van der Waals surface area contributed by atoms with Crippen LogP contribution in [0.5, 0.6) is 11.5 Å². The van der Waals surface area contributed by atoms with Crippen LogP contribution in [0.25, 0.3) is 11.1 Å². The van der Waals surface area contributed by atoms with E-state index in [0.29, 0.717) is 26.2 Å². The lowest BCUT2D eigenvalue weighted by Gasteiger charge is -2.39. The molecule has 2 aliphatic heterocycles. The highest BCUT2D eigenvalue weighted by Gasteiger charge is 2.44. The highest BCUT2D eigenvalue weighted by atomic mass is 19.4. The molecule has 0 unspecified atom stereocenters. The zero-order chi connectivity index (χ0) is 30.9. The number of ether oxygens (including phenoxy) is 2. The minimum absolute atomic E-state index is 0.0200. The number of amides is 1. The fraction of sp³-hybridized carbons (Fsp3) is 0.533. The van der Waals surface area contributed by atoms with Gasteiger partial charge in [0.15, 0.2) is 0 Å². The Kier molecular flexibility index (Phi) is 11.6. The van der Waals surface area contributed by atoms with Crippen molar-refractivity contribution in [3.8, 4) is 22.6 Å². The van der Waals surface area contributed by atoms with E-state index in [1.165, 1.54) is 12.1 Å². The van der Waals surface area contributed by atoms with Crippen molar-refractivity contribution in [2.45, 2.75) is 52.3 Å². The van der Waals surface area contributed by atoms with Crippen molar-refractivity contribution in [1.82, 2.24) is 9.80 Å². The first-order valence-corrected chi connectivity index (χ1v) is 14.0. The van der Waals surface area contributed by atoms with Crippen molar-refractivity contribution >= 4 is 11.9 Å². The molecule has 2 N–H and O–H groups in total. The molecule has 1 amide bonds. The van der Waals surface area contributed by atoms with Gasteiger partial charge in [0.05, 0.1) is 25.4 Å². The molecule has 0 atom stereocenters. The molecule has 0 radical (unpaired) electrons. The van der Waals surface area contributed by atoms with Crippen LogP contribution in [0.1, 0.15) is 45.1 Å². The third-order valence-electron chi connectivity index (χ3n) is 7.31. The molecule has 2 aromatic carbocycles. The third kappa shape index (κ3) is 9.32. The van der Waals surface area contributed by atoms with E-state index in [4.69, 9.17) is 14.6 Å². The van der Waals surface area contributed by atoms with E-state index in [1.807, 2.05) is 18.7 Å². The number of carboxylic acid groups (broad SMARTS) is 1. The molecule has 2 aromatic rings. The van der Waals surface area contributed by atoms with Gasteiger partial charge >= 0.3 is 12.1 Å². The van der Waals surface area contributed by atoms with Crippen LogP contribution < -0.4 is 9.47 Å². The summed E-state index contributed by atoms with van der Waals surface area (Å²) >= 11 is 0. The number of piperidine rings is 1. The number of aliphatic hydroxyl groups excluding tert-OH is 1. The van der Waals surface area contributed by atoms with Gasteiger partial charge in [-0.1, -0.05) is 12.1 Å². The molecule has 1 spiro atoms. The summed E-state index contributed by atoms with van der Waals surface area (Å²) in [7, 11) is 0. The second kappa shape index (κ2) is 14.7. The van der Waals surface area contributed by atoms with E-state index in [-0.39, 0.29) is 23.7 Å². The van der Waals surface area contributed by atoms with E-state index in [2.05, 4.69) is 17.0 Å². The maximum Gasteiger partial charge on any atom is 0.399 e. The van der Waals surface area contributed by atoms with Crippen LogP contribution in [0.3, 0.4) is 0 Å². The van der Waals surface area contributed by atoms with Gasteiger partial charge in [0.25, 0.3) is 0 Å². The Bertz CT molecular complexity index is 1170. The predicted octanol–water partition coefficient (Wildman–Crippen LogP) is 5.12. The number of aliphatic hydroxyl groups is 1. The van der Waals surface area contributed by atoms with Crippen LogP contribution >= 0.6 is 0 Å². The molecule has 8 nitrogen and oxygen atoms in total. The number of rotatable bonds is 10. The Morgan fingerprint density at radius 2 is 1.60 bits per heavy atom. The normalized spacial score (nSPS) is 16.7. The number of benzene rings is 2. The molecule has 2 aliphatic rings. The molecule has 0 saturated carbocycles. The van der Waals surface area contributed by atoms with E-state index in [9.17, 15) is 32.3 Å². The lowest BCUT2D eigenvalue weighted by molar-refractivity contribution is -0.166. The summed E-state index contributed by atoms with van der Waals surface area (Å²) in [4.78, 5) is 25.9. The number of alkyl halides is 3. The van der Waals surface area contributed by atoms with E-state index >= 15 is 0 Å². The van der Waals surface area contributed by atoms with E-state index in [1.54, 1.807) is 12.1 Å². The topological polar surface area (TPSA) is 99.5 Å². The van der Waals surface area contributed by atoms with Crippen LogP contribution in [0, 0.1) is 11.2 Å². The number of carbonyl (C=O) groups excluding carboxylic acids is 1. The average Bonchev–Trinajstić information content (AvgIpc) is 3.20. The first-order valence-electron chi connectivity index (χ1n) is 14.0.